The van der Waals surface area contributed by atoms with E-state index in [1.807, 2.05) is 6.92 Å². The van der Waals surface area contributed by atoms with E-state index in [0.717, 1.165) is 0 Å². The molecule has 0 bridgehead atoms. The Labute approximate surface area is 154 Å². The van der Waals surface area contributed by atoms with Crippen LogP contribution in [0.15, 0.2) is 39.5 Å². The fourth-order valence-corrected chi connectivity index (χ4v) is 2.70. The van der Waals surface area contributed by atoms with Gasteiger partial charge in [-0.1, -0.05) is 0 Å². The van der Waals surface area contributed by atoms with E-state index in [4.69, 9.17) is 9.15 Å². The van der Waals surface area contributed by atoms with Crippen molar-refractivity contribution in [2.24, 2.45) is 0 Å². The fraction of sp³-hybridized carbons (Fsp3) is 0.263. The minimum Gasteiger partial charge on any atom is -0.463 e. The Morgan fingerprint density at radius 1 is 1.19 bits per heavy atom. The molecule has 0 radical (unpaired) electrons. The number of carbonyl (C=O) groups is 2. The predicted molar refractivity (Wildman–Crippen MR) is 95.6 cm³/mol. The minimum atomic E-state index is -0.606. The molecular weight excluding hydrogens is 352 g/mol. The first kappa shape index (κ1) is 18.4. The maximum absolute atomic E-state index is 12.3. The van der Waals surface area contributed by atoms with Crippen LogP contribution in [-0.2, 0) is 22.6 Å². The highest BCUT2D eigenvalue weighted by Gasteiger charge is 2.15. The minimum absolute atomic E-state index is 0.0338. The van der Waals surface area contributed by atoms with Crippen molar-refractivity contribution in [2.75, 3.05) is 7.11 Å². The van der Waals surface area contributed by atoms with E-state index in [0.29, 0.717) is 34.6 Å². The third-order valence-electron chi connectivity index (χ3n) is 4.05. The van der Waals surface area contributed by atoms with Gasteiger partial charge in [-0.2, -0.15) is 0 Å². The molecule has 0 atom stereocenters. The van der Waals surface area contributed by atoms with Gasteiger partial charge < -0.3 is 18.5 Å². The lowest BCUT2D eigenvalue weighted by atomic mass is 10.2. The van der Waals surface area contributed by atoms with E-state index in [-0.39, 0.29) is 17.9 Å². The molecule has 0 aliphatic carbocycles. The molecule has 0 aliphatic rings. The number of nitrogens with zero attached hydrogens (tertiary/aromatic N) is 2. The summed E-state index contributed by atoms with van der Waals surface area (Å²) in [6.45, 7) is 3.88. The van der Waals surface area contributed by atoms with Crippen LogP contribution in [0.3, 0.4) is 0 Å². The normalized spacial score (nSPS) is 10.8. The van der Waals surface area contributed by atoms with Crippen LogP contribution in [0.4, 0.5) is 0 Å². The predicted octanol–water partition coefficient (Wildman–Crippen LogP) is 2.46. The number of aryl methyl sites for hydroxylation is 2. The molecule has 0 spiro atoms. The first-order chi connectivity index (χ1) is 12.9. The van der Waals surface area contributed by atoms with Crippen molar-refractivity contribution in [3.63, 3.8) is 0 Å². The SMILES string of the molecule is CCn1c(=O)c(C)nc2cc(C(=O)OCc3ccc(C(=O)OC)o3)ccc21. The lowest BCUT2D eigenvalue weighted by Gasteiger charge is -2.10. The molecular formula is C19H18N2O6. The molecule has 0 saturated heterocycles. The van der Waals surface area contributed by atoms with Gasteiger partial charge >= 0.3 is 11.9 Å². The van der Waals surface area contributed by atoms with Crippen molar-refractivity contribution < 1.29 is 23.5 Å². The van der Waals surface area contributed by atoms with Crippen molar-refractivity contribution in [3.8, 4) is 0 Å². The number of carbonyl (C=O) groups excluding carboxylic acids is 2. The molecule has 0 fully saturated rings. The number of hydrogen-bond donors (Lipinski definition) is 0. The van der Waals surface area contributed by atoms with Crippen molar-refractivity contribution in [3.05, 3.63) is 63.5 Å². The second kappa shape index (κ2) is 7.45. The van der Waals surface area contributed by atoms with Crippen LogP contribution in [0.2, 0.25) is 0 Å². The zero-order valence-electron chi connectivity index (χ0n) is 15.1. The Balaban J connectivity index is 1.80. The average molecular weight is 370 g/mol. The van der Waals surface area contributed by atoms with Crippen LogP contribution < -0.4 is 5.56 Å². The molecule has 3 rings (SSSR count). The van der Waals surface area contributed by atoms with E-state index < -0.39 is 11.9 Å². The number of methoxy groups -OCH3 is 1. The summed E-state index contributed by atoms with van der Waals surface area (Å²) in [5, 5.41) is 0. The smallest absolute Gasteiger partial charge is 0.373 e. The van der Waals surface area contributed by atoms with Crippen LogP contribution >= 0.6 is 0 Å². The van der Waals surface area contributed by atoms with Crippen molar-refractivity contribution >= 4 is 23.0 Å². The van der Waals surface area contributed by atoms with Gasteiger partial charge in [0.25, 0.3) is 5.56 Å². The molecule has 140 valence electrons. The van der Waals surface area contributed by atoms with Gasteiger partial charge in [0.2, 0.25) is 5.76 Å². The third kappa shape index (κ3) is 3.59. The summed E-state index contributed by atoms with van der Waals surface area (Å²) in [7, 11) is 1.25. The zero-order valence-corrected chi connectivity index (χ0v) is 15.1. The molecule has 1 aromatic carbocycles. The first-order valence-electron chi connectivity index (χ1n) is 8.30. The summed E-state index contributed by atoms with van der Waals surface area (Å²) in [6, 6.07) is 7.81. The van der Waals surface area contributed by atoms with Gasteiger partial charge in [0.15, 0.2) is 0 Å². The largest absolute Gasteiger partial charge is 0.463 e. The Morgan fingerprint density at radius 3 is 2.67 bits per heavy atom. The van der Waals surface area contributed by atoms with Gasteiger partial charge in [-0.05, 0) is 44.2 Å². The average Bonchev–Trinajstić information content (AvgIpc) is 3.15. The van der Waals surface area contributed by atoms with Crippen molar-refractivity contribution in [1.29, 1.82) is 0 Å². The third-order valence-corrected chi connectivity index (χ3v) is 4.05. The summed E-state index contributed by atoms with van der Waals surface area (Å²) in [5.41, 5.74) is 1.70. The number of esters is 2. The van der Waals surface area contributed by atoms with Crippen molar-refractivity contribution in [2.45, 2.75) is 27.0 Å². The second-order valence-corrected chi connectivity index (χ2v) is 5.78. The summed E-state index contributed by atoms with van der Waals surface area (Å²) in [4.78, 5) is 40.1. The first-order valence-corrected chi connectivity index (χ1v) is 8.30. The number of furan rings is 1. The van der Waals surface area contributed by atoms with E-state index in [1.165, 1.54) is 19.2 Å². The number of fused-ring (bicyclic) bond motifs is 1. The molecule has 0 saturated carbocycles. The topological polar surface area (TPSA) is 101 Å². The van der Waals surface area contributed by atoms with E-state index in [9.17, 15) is 14.4 Å². The highest BCUT2D eigenvalue weighted by molar-refractivity contribution is 5.93. The fourth-order valence-electron chi connectivity index (χ4n) is 2.70. The molecule has 0 amide bonds. The molecule has 0 N–H and O–H groups in total. The number of rotatable bonds is 5. The Bertz CT molecular complexity index is 1080. The van der Waals surface area contributed by atoms with Gasteiger partial charge in [-0.25, -0.2) is 14.6 Å². The molecule has 8 heteroatoms. The van der Waals surface area contributed by atoms with Crippen LogP contribution in [0, 0.1) is 6.92 Å². The highest BCUT2D eigenvalue weighted by atomic mass is 16.5. The Hall–Kier alpha value is -3.42. The lowest BCUT2D eigenvalue weighted by molar-refractivity contribution is 0.0438. The van der Waals surface area contributed by atoms with Gasteiger partial charge in [0, 0.05) is 6.54 Å². The quantitative estimate of drug-likeness (QED) is 0.636. The second-order valence-electron chi connectivity index (χ2n) is 5.78. The summed E-state index contributed by atoms with van der Waals surface area (Å²) in [6.07, 6.45) is 0. The number of aromatic nitrogens is 2. The molecule has 8 nitrogen and oxygen atoms in total. The summed E-state index contributed by atoms with van der Waals surface area (Å²) >= 11 is 0. The maximum atomic E-state index is 12.3. The number of hydrogen-bond acceptors (Lipinski definition) is 7. The van der Waals surface area contributed by atoms with E-state index in [1.54, 1.807) is 29.7 Å². The van der Waals surface area contributed by atoms with Crippen LogP contribution in [-0.4, -0.2) is 28.6 Å². The molecule has 0 aliphatic heterocycles. The summed E-state index contributed by atoms with van der Waals surface area (Å²) < 4.78 is 16.6. The monoisotopic (exact) mass is 370 g/mol. The molecule has 27 heavy (non-hydrogen) atoms. The Morgan fingerprint density at radius 2 is 1.96 bits per heavy atom. The molecule has 0 unspecified atom stereocenters. The summed E-state index contributed by atoms with van der Waals surface area (Å²) in [5.74, 6) is -0.822. The maximum Gasteiger partial charge on any atom is 0.373 e. The number of ether oxygens (including phenoxy) is 2. The van der Waals surface area contributed by atoms with Gasteiger partial charge in [0.1, 0.15) is 18.1 Å². The highest BCUT2D eigenvalue weighted by Crippen LogP contribution is 2.16. The van der Waals surface area contributed by atoms with Crippen LogP contribution in [0.5, 0.6) is 0 Å². The standard InChI is InChI=1S/C19H18N2O6/c1-4-21-15-7-5-12(9-14(15)20-11(2)17(21)22)18(23)26-10-13-6-8-16(27-13)19(24)25-3/h5-9H,4,10H2,1-3H3. The van der Waals surface area contributed by atoms with Crippen LogP contribution in [0.1, 0.15) is 39.3 Å². The van der Waals surface area contributed by atoms with Crippen molar-refractivity contribution in [1.82, 2.24) is 9.55 Å². The van der Waals surface area contributed by atoms with E-state index >= 15 is 0 Å². The molecule has 3 aromatic rings. The zero-order chi connectivity index (χ0) is 19.6. The Kier molecular flexibility index (Phi) is 5.07. The molecule has 2 heterocycles. The van der Waals surface area contributed by atoms with Gasteiger partial charge in [-0.15, -0.1) is 0 Å². The van der Waals surface area contributed by atoms with Crippen LogP contribution in [0.25, 0.3) is 11.0 Å². The van der Waals surface area contributed by atoms with E-state index in [2.05, 4.69) is 9.72 Å². The lowest BCUT2D eigenvalue weighted by Crippen LogP contribution is -2.23. The van der Waals surface area contributed by atoms with Gasteiger partial charge in [-0.3, -0.25) is 4.79 Å². The number of benzene rings is 1. The van der Waals surface area contributed by atoms with Gasteiger partial charge in [0.05, 0.1) is 23.7 Å². The molecule has 2 aromatic heterocycles.